The molecule has 0 spiro atoms. The Hall–Kier alpha value is -1.66. The van der Waals surface area contributed by atoms with Gasteiger partial charge in [0, 0.05) is 40.9 Å². The van der Waals surface area contributed by atoms with Crippen LogP contribution in [0.25, 0.3) is 11.3 Å². The lowest BCUT2D eigenvalue weighted by atomic mass is 9.96. The summed E-state index contributed by atoms with van der Waals surface area (Å²) in [5.74, 6) is -0.0164. The molecule has 1 aliphatic heterocycles. The molecule has 3 rings (SSSR count). The molecule has 0 radical (unpaired) electrons. The smallest absolute Gasteiger partial charge is 0.231 e. The van der Waals surface area contributed by atoms with Crippen LogP contribution in [0.1, 0.15) is 45.0 Å². The summed E-state index contributed by atoms with van der Waals surface area (Å²) in [5, 5.41) is 5.58. The normalized spacial score (nSPS) is 17.9. The SMILES string of the molecule is Cc1cc(-c2csc(NC(=O)C(C)(C)C)n2)c(C)n1C[C@@H]1CCCO1. The second-order valence-corrected chi connectivity index (χ2v) is 8.63. The average molecular weight is 362 g/mol. The third kappa shape index (κ3) is 3.96. The predicted molar refractivity (Wildman–Crippen MR) is 102 cm³/mol. The molecule has 0 bridgehead atoms. The van der Waals surface area contributed by atoms with E-state index < -0.39 is 5.41 Å². The number of amides is 1. The summed E-state index contributed by atoms with van der Waals surface area (Å²) in [7, 11) is 0. The van der Waals surface area contributed by atoms with Crippen molar-refractivity contribution in [3.8, 4) is 11.3 Å². The number of hydrogen-bond donors (Lipinski definition) is 1. The first-order valence-corrected chi connectivity index (χ1v) is 9.69. The number of nitrogens with zero attached hydrogens (tertiary/aromatic N) is 2. The van der Waals surface area contributed by atoms with E-state index in [1.165, 1.54) is 22.7 Å². The van der Waals surface area contributed by atoms with Gasteiger partial charge in [0.05, 0.1) is 11.8 Å². The van der Waals surface area contributed by atoms with Crippen molar-refractivity contribution in [3.05, 3.63) is 22.8 Å². The van der Waals surface area contributed by atoms with Gasteiger partial charge in [0.25, 0.3) is 0 Å². The van der Waals surface area contributed by atoms with E-state index in [4.69, 9.17) is 4.74 Å². The van der Waals surface area contributed by atoms with Crippen molar-refractivity contribution < 1.29 is 9.53 Å². The molecule has 0 saturated carbocycles. The van der Waals surface area contributed by atoms with E-state index in [2.05, 4.69) is 34.8 Å². The van der Waals surface area contributed by atoms with E-state index in [0.29, 0.717) is 11.2 Å². The Morgan fingerprint density at radius 3 is 2.84 bits per heavy atom. The fraction of sp³-hybridized carbons (Fsp3) is 0.579. The third-order valence-electron chi connectivity index (χ3n) is 4.67. The number of rotatable bonds is 4. The quantitative estimate of drug-likeness (QED) is 0.878. The van der Waals surface area contributed by atoms with Crippen molar-refractivity contribution >= 4 is 22.4 Å². The fourth-order valence-corrected chi connectivity index (χ4v) is 3.78. The standard InChI is InChI=1S/C19H27N3O2S/c1-12-9-15(13(2)22(12)10-14-7-6-8-24-14)16-11-25-18(20-16)21-17(23)19(3,4)5/h9,11,14H,6-8,10H2,1-5H3,(H,20,21,23)/t14-/m0/s1. The summed E-state index contributed by atoms with van der Waals surface area (Å²) >= 11 is 1.47. The minimum absolute atomic E-state index is 0.0164. The van der Waals surface area contributed by atoms with Crippen LogP contribution in [0.4, 0.5) is 5.13 Å². The van der Waals surface area contributed by atoms with Crippen LogP contribution in [0.5, 0.6) is 0 Å². The zero-order valence-corrected chi connectivity index (χ0v) is 16.5. The minimum atomic E-state index is -0.428. The van der Waals surface area contributed by atoms with Gasteiger partial charge in [-0.3, -0.25) is 4.79 Å². The van der Waals surface area contributed by atoms with Crippen LogP contribution in [0.2, 0.25) is 0 Å². The monoisotopic (exact) mass is 361 g/mol. The summed E-state index contributed by atoms with van der Waals surface area (Å²) < 4.78 is 8.10. The topological polar surface area (TPSA) is 56.2 Å². The molecule has 1 fully saturated rings. The number of nitrogens with one attached hydrogen (secondary N) is 1. The zero-order valence-electron chi connectivity index (χ0n) is 15.7. The summed E-state index contributed by atoms with van der Waals surface area (Å²) in [4.78, 5) is 16.8. The van der Waals surface area contributed by atoms with Gasteiger partial charge in [-0.05, 0) is 32.8 Å². The van der Waals surface area contributed by atoms with Crippen molar-refractivity contribution in [2.75, 3.05) is 11.9 Å². The molecule has 0 aromatic carbocycles. The van der Waals surface area contributed by atoms with Crippen LogP contribution < -0.4 is 5.32 Å². The highest BCUT2D eigenvalue weighted by Gasteiger charge is 2.23. The Morgan fingerprint density at radius 1 is 1.44 bits per heavy atom. The summed E-state index contributed by atoms with van der Waals surface area (Å²) in [6, 6.07) is 2.18. The molecule has 1 saturated heterocycles. The van der Waals surface area contributed by atoms with Gasteiger partial charge < -0.3 is 14.6 Å². The lowest BCUT2D eigenvalue weighted by Crippen LogP contribution is -2.27. The van der Waals surface area contributed by atoms with Crippen molar-refractivity contribution in [1.29, 1.82) is 0 Å². The lowest BCUT2D eigenvalue weighted by Gasteiger charge is -2.16. The number of anilines is 1. The second kappa shape index (κ2) is 6.92. The molecule has 2 aromatic heterocycles. The highest BCUT2D eigenvalue weighted by molar-refractivity contribution is 7.14. The Bertz CT molecular complexity index is 764. The van der Waals surface area contributed by atoms with Gasteiger partial charge in [0.2, 0.25) is 5.91 Å². The van der Waals surface area contributed by atoms with Crippen LogP contribution in [-0.4, -0.2) is 28.2 Å². The Kier molecular flexibility index (Phi) is 5.02. The van der Waals surface area contributed by atoms with Crippen molar-refractivity contribution in [2.24, 2.45) is 5.41 Å². The van der Waals surface area contributed by atoms with Crippen LogP contribution >= 0.6 is 11.3 Å². The van der Waals surface area contributed by atoms with E-state index in [1.54, 1.807) is 0 Å². The molecule has 25 heavy (non-hydrogen) atoms. The van der Waals surface area contributed by atoms with Gasteiger partial charge in [-0.15, -0.1) is 11.3 Å². The van der Waals surface area contributed by atoms with Gasteiger partial charge in [0.1, 0.15) is 0 Å². The first-order chi connectivity index (χ1) is 11.8. The third-order valence-corrected chi connectivity index (χ3v) is 5.42. The number of carbonyl (C=O) groups excluding carboxylic acids is 1. The molecule has 1 amide bonds. The molecule has 1 N–H and O–H groups in total. The van der Waals surface area contributed by atoms with E-state index in [1.807, 2.05) is 26.2 Å². The van der Waals surface area contributed by atoms with Crippen LogP contribution in [0, 0.1) is 19.3 Å². The number of thiazole rings is 1. The predicted octanol–water partition coefficient (Wildman–Crippen LogP) is 4.39. The van der Waals surface area contributed by atoms with Gasteiger partial charge >= 0.3 is 0 Å². The number of hydrogen-bond acceptors (Lipinski definition) is 4. The first-order valence-electron chi connectivity index (χ1n) is 8.81. The molecule has 6 heteroatoms. The second-order valence-electron chi connectivity index (χ2n) is 7.77. The molecular formula is C19H27N3O2S. The van der Waals surface area contributed by atoms with Crippen molar-refractivity contribution in [2.45, 2.75) is 60.1 Å². The Labute approximate surface area is 153 Å². The number of ether oxygens (including phenoxy) is 1. The average Bonchev–Trinajstić information content (AvgIpc) is 3.24. The van der Waals surface area contributed by atoms with E-state index in [9.17, 15) is 4.79 Å². The lowest BCUT2D eigenvalue weighted by molar-refractivity contribution is -0.123. The number of carbonyl (C=O) groups is 1. The van der Waals surface area contributed by atoms with Crippen LogP contribution in [0.3, 0.4) is 0 Å². The zero-order chi connectivity index (χ0) is 18.2. The molecule has 0 aliphatic carbocycles. The fourth-order valence-electron chi connectivity index (χ4n) is 3.07. The van der Waals surface area contributed by atoms with E-state index in [-0.39, 0.29) is 5.91 Å². The molecule has 2 aromatic rings. The highest BCUT2D eigenvalue weighted by atomic mass is 32.1. The molecule has 136 valence electrons. The molecule has 1 aliphatic rings. The minimum Gasteiger partial charge on any atom is -0.376 e. The molecule has 1 atom stereocenters. The Morgan fingerprint density at radius 2 is 2.20 bits per heavy atom. The Balaban J connectivity index is 1.79. The van der Waals surface area contributed by atoms with Crippen molar-refractivity contribution in [3.63, 3.8) is 0 Å². The molecule has 5 nitrogen and oxygen atoms in total. The molecule has 3 heterocycles. The maximum absolute atomic E-state index is 12.1. The summed E-state index contributed by atoms with van der Waals surface area (Å²) in [6.07, 6.45) is 2.60. The van der Waals surface area contributed by atoms with Gasteiger partial charge in [-0.1, -0.05) is 20.8 Å². The van der Waals surface area contributed by atoms with E-state index in [0.717, 1.165) is 37.3 Å². The van der Waals surface area contributed by atoms with Gasteiger partial charge in [0.15, 0.2) is 5.13 Å². The van der Waals surface area contributed by atoms with Gasteiger partial charge in [-0.2, -0.15) is 0 Å². The maximum atomic E-state index is 12.1. The maximum Gasteiger partial charge on any atom is 0.231 e. The summed E-state index contributed by atoms with van der Waals surface area (Å²) in [6.45, 7) is 11.7. The first kappa shape index (κ1) is 18.1. The van der Waals surface area contributed by atoms with Gasteiger partial charge in [-0.25, -0.2) is 4.98 Å². The summed E-state index contributed by atoms with van der Waals surface area (Å²) in [5.41, 5.74) is 4.04. The van der Waals surface area contributed by atoms with Crippen molar-refractivity contribution in [1.82, 2.24) is 9.55 Å². The highest BCUT2D eigenvalue weighted by Crippen LogP contribution is 2.31. The number of aryl methyl sites for hydroxylation is 1. The largest absolute Gasteiger partial charge is 0.376 e. The van der Waals surface area contributed by atoms with E-state index >= 15 is 0 Å². The molecular weight excluding hydrogens is 334 g/mol. The number of aromatic nitrogens is 2. The molecule has 0 unspecified atom stereocenters. The van der Waals surface area contributed by atoms with Crippen LogP contribution in [0.15, 0.2) is 11.4 Å². The van der Waals surface area contributed by atoms with Crippen LogP contribution in [-0.2, 0) is 16.1 Å².